The smallest absolute Gasteiger partial charge is 0.226 e. The van der Waals surface area contributed by atoms with Gasteiger partial charge in [-0.2, -0.15) is 0 Å². The Morgan fingerprint density at radius 3 is 2.64 bits per heavy atom. The Morgan fingerprint density at radius 1 is 1.73 bits per heavy atom. The van der Waals surface area contributed by atoms with E-state index in [1.165, 1.54) is 0 Å². The van der Waals surface area contributed by atoms with Gasteiger partial charge in [0, 0.05) is 13.1 Å². The highest BCUT2D eigenvalue weighted by atomic mass is 35.5. The van der Waals surface area contributed by atoms with Crippen LogP contribution in [-0.2, 0) is 4.79 Å². The Bertz CT molecular complexity index is 172. The zero-order valence-electron chi connectivity index (χ0n) is 5.94. The van der Waals surface area contributed by atoms with Crippen LogP contribution in [0.15, 0.2) is 0 Å². The van der Waals surface area contributed by atoms with E-state index in [0.717, 1.165) is 0 Å². The van der Waals surface area contributed by atoms with Gasteiger partial charge >= 0.3 is 0 Å². The minimum absolute atomic E-state index is 0.0968. The van der Waals surface area contributed by atoms with E-state index in [4.69, 9.17) is 28.9 Å². The molecule has 1 fully saturated rings. The SMILES string of the molecule is NCCNC(=O)C1CC1(Cl)Cl. The molecule has 0 aromatic heterocycles. The van der Waals surface area contributed by atoms with Crippen molar-refractivity contribution in [2.24, 2.45) is 11.7 Å². The molecule has 1 saturated carbocycles. The number of nitrogens with two attached hydrogens (primary N) is 1. The minimum Gasteiger partial charge on any atom is -0.354 e. The van der Waals surface area contributed by atoms with Crippen molar-refractivity contribution < 1.29 is 4.79 Å². The third kappa shape index (κ3) is 2.22. The van der Waals surface area contributed by atoms with Crippen molar-refractivity contribution in [2.45, 2.75) is 10.8 Å². The van der Waals surface area contributed by atoms with E-state index in [2.05, 4.69) is 5.32 Å². The van der Waals surface area contributed by atoms with E-state index in [1.807, 2.05) is 0 Å². The van der Waals surface area contributed by atoms with E-state index < -0.39 is 4.33 Å². The van der Waals surface area contributed by atoms with Gasteiger partial charge in [0.05, 0.1) is 5.92 Å². The molecule has 1 aliphatic carbocycles. The highest BCUT2D eigenvalue weighted by Gasteiger charge is 2.56. The highest BCUT2D eigenvalue weighted by Crippen LogP contribution is 2.53. The zero-order valence-corrected chi connectivity index (χ0v) is 7.45. The summed E-state index contributed by atoms with van der Waals surface area (Å²) >= 11 is 11.3. The number of halogens is 2. The number of carbonyl (C=O) groups is 1. The molecule has 0 aliphatic heterocycles. The van der Waals surface area contributed by atoms with Gasteiger partial charge < -0.3 is 11.1 Å². The third-order valence-corrected chi connectivity index (χ3v) is 2.42. The van der Waals surface area contributed by atoms with Crippen LogP contribution in [0.1, 0.15) is 6.42 Å². The molecule has 1 rings (SSSR count). The Labute approximate surface area is 75.2 Å². The van der Waals surface area contributed by atoms with Gasteiger partial charge in [0.1, 0.15) is 4.33 Å². The first-order valence-corrected chi connectivity index (χ1v) is 4.19. The fourth-order valence-corrected chi connectivity index (χ4v) is 1.32. The first-order valence-electron chi connectivity index (χ1n) is 3.43. The molecule has 1 amide bonds. The van der Waals surface area contributed by atoms with E-state index in [9.17, 15) is 4.79 Å². The van der Waals surface area contributed by atoms with Gasteiger partial charge in [-0.15, -0.1) is 23.2 Å². The molecule has 0 saturated heterocycles. The van der Waals surface area contributed by atoms with Crippen LogP contribution in [0.25, 0.3) is 0 Å². The molecule has 0 radical (unpaired) electrons. The van der Waals surface area contributed by atoms with Crippen molar-refractivity contribution in [1.82, 2.24) is 5.32 Å². The second-order valence-electron chi connectivity index (χ2n) is 2.60. The normalized spacial score (nSPS) is 26.3. The Morgan fingerprint density at radius 2 is 2.27 bits per heavy atom. The number of nitrogens with one attached hydrogen (secondary N) is 1. The summed E-state index contributed by atoms with van der Waals surface area (Å²) in [6.45, 7) is 0.926. The molecule has 1 aliphatic rings. The monoisotopic (exact) mass is 196 g/mol. The van der Waals surface area contributed by atoms with Crippen LogP contribution in [0.2, 0.25) is 0 Å². The van der Waals surface area contributed by atoms with Crippen molar-refractivity contribution in [1.29, 1.82) is 0 Å². The third-order valence-electron chi connectivity index (χ3n) is 1.59. The van der Waals surface area contributed by atoms with Crippen molar-refractivity contribution in [3.63, 3.8) is 0 Å². The van der Waals surface area contributed by atoms with Crippen molar-refractivity contribution in [2.75, 3.05) is 13.1 Å². The number of alkyl halides is 2. The topological polar surface area (TPSA) is 55.1 Å². The predicted octanol–water partition coefficient (Wildman–Crippen LogP) is 0.255. The van der Waals surface area contributed by atoms with Gasteiger partial charge in [-0.1, -0.05) is 0 Å². The fraction of sp³-hybridized carbons (Fsp3) is 0.833. The second-order valence-corrected chi connectivity index (χ2v) is 4.14. The average molecular weight is 197 g/mol. The van der Waals surface area contributed by atoms with Gasteiger partial charge in [0.25, 0.3) is 0 Å². The van der Waals surface area contributed by atoms with Crippen molar-refractivity contribution >= 4 is 29.1 Å². The largest absolute Gasteiger partial charge is 0.354 e. The molecule has 1 unspecified atom stereocenters. The summed E-state index contributed by atoms with van der Waals surface area (Å²) in [6, 6.07) is 0. The van der Waals surface area contributed by atoms with Crippen LogP contribution in [0.3, 0.4) is 0 Å². The molecule has 0 aromatic rings. The summed E-state index contributed by atoms with van der Waals surface area (Å²) in [5, 5.41) is 2.62. The summed E-state index contributed by atoms with van der Waals surface area (Å²) in [7, 11) is 0. The fourth-order valence-electron chi connectivity index (χ4n) is 0.816. The van der Waals surface area contributed by atoms with E-state index >= 15 is 0 Å². The number of hydrogen-bond donors (Lipinski definition) is 2. The molecule has 0 bridgehead atoms. The van der Waals surface area contributed by atoms with Gasteiger partial charge in [0.15, 0.2) is 0 Å². The van der Waals surface area contributed by atoms with Gasteiger partial charge in [-0.05, 0) is 6.42 Å². The molecule has 0 aromatic carbocycles. The highest BCUT2D eigenvalue weighted by molar-refractivity contribution is 6.52. The molecule has 3 nitrogen and oxygen atoms in total. The maximum absolute atomic E-state index is 11.0. The number of hydrogen-bond acceptors (Lipinski definition) is 2. The summed E-state index contributed by atoms with van der Waals surface area (Å²) in [4.78, 5) is 11.0. The van der Waals surface area contributed by atoms with Crippen LogP contribution in [0.5, 0.6) is 0 Å². The Hall–Kier alpha value is 0.01000. The second kappa shape index (κ2) is 3.17. The zero-order chi connectivity index (χ0) is 8.48. The van der Waals surface area contributed by atoms with Gasteiger partial charge in [-0.3, -0.25) is 4.79 Å². The quantitative estimate of drug-likeness (QED) is 0.637. The van der Waals surface area contributed by atoms with Crippen LogP contribution < -0.4 is 11.1 Å². The molecule has 64 valence electrons. The van der Waals surface area contributed by atoms with Crippen LogP contribution in [-0.4, -0.2) is 23.3 Å². The molecular weight excluding hydrogens is 187 g/mol. The van der Waals surface area contributed by atoms with Gasteiger partial charge in [-0.25, -0.2) is 0 Å². The number of amides is 1. The first-order chi connectivity index (χ1) is 5.08. The molecule has 3 N–H and O–H groups in total. The Balaban J connectivity index is 2.23. The summed E-state index contributed by atoms with van der Waals surface area (Å²) < 4.78 is -0.821. The summed E-state index contributed by atoms with van der Waals surface area (Å²) in [5.41, 5.74) is 5.18. The molecule has 11 heavy (non-hydrogen) atoms. The number of carbonyl (C=O) groups excluding carboxylic acids is 1. The molecule has 1 atom stereocenters. The van der Waals surface area contributed by atoms with E-state index in [1.54, 1.807) is 0 Å². The molecule has 5 heteroatoms. The lowest BCUT2D eigenvalue weighted by Crippen LogP contribution is -2.31. The number of rotatable bonds is 3. The van der Waals surface area contributed by atoms with Crippen LogP contribution >= 0.6 is 23.2 Å². The van der Waals surface area contributed by atoms with Crippen molar-refractivity contribution in [3.8, 4) is 0 Å². The predicted molar refractivity (Wildman–Crippen MR) is 44.6 cm³/mol. The average Bonchev–Trinajstić information content (AvgIpc) is 2.55. The van der Waals surface area contributed by atoms with E-state index in [-0.39, 0.29) is 11.8 Å². The van der Waals surface area contributed by atoms with Crippen LogP contribution in [0.4, 0.5) is 0 Å². The molecule has 0 heterocycles. The standard InChI is InChI=1S/C6H10Cl2N2O/c7-6(8)3-4(6)5(11)10-2-1-9/h4H,1-3,9H2,(H,10,11). The summed E-state index contributed by atoms with van der Waals surface area (Å²) in [6.07, 6.45) is 0.548. The van der Waals surface area contributed by atoms with Crippen molar-refractivity contribution in [3.05, 3.63) is 0 Å². The lowest BCUT2D eigenvalue weighted by molar-refractivity contribution is -0.122. The summed E-state index contributed by atoms with van der Waals surface area (Å²) in [5.74, 6) is -0.335. The lowest BCUT2D eigenvalue weighted by atomic mass is 10.4. The Kier molecular flexibility index (Phi) is 2.62. The minimum atomic E-state index is -0.821. The van der Waals surface area contributed by atoms with Gasteiger partial charge in [0.2, 0.25) is 5.91 Å². The lowest BCUT2D eigenvalue weighted by Gasteiger charge is -2.01. The van der Waals surface area contributed by atoms with Crippen LogP contribution in [0, 0.1) is 5.92 Å². The molecular formula is C6H10Cl2N2O. The maximum Gasteiger partial charge on any atom is 0.226 e. The maximum atomic E-state index is 11.0. The first kappa shape index (κ1) is 9.10. The van der Waals surface area contributed by atoms with E-state index in [0.29, 0.717) is 19.5 Å². The molecule has 0 spiro atoms.